The van der Waals surface area contributed by atoms with Gasteiger partial charge in [-0.1, -0.05) is 0 Å². The predicted octanol–water partition coefficient (Wildman–Crippen LogP) is -0.00348. The van der Waals surface area contributed by atoms with Crippen molar-refractivity contribution >= 4 is 19.9 Å². The molecule has 1 unspecified atom stereocenters. The Morgan fingerprint density at radius 3 is 2.79 bits per heavy atom. The average Bonchev–Trinajstić information content (AvgIpc) is 2.68. The van der Waals surface area contributed by atoms with Crippen molar-refractivity contribution < 1.29 is 16.8 Å². The van der Waals surface area contributed by atoms with Crippen molar-refractivity contribution in [3.8, 4) is 0 Å². The van der Waals surface area contributed by atoms with Gasteiger partial charge < -0.3 is 0 Å². The van der Waals surface area contributed by atoms with E-state index in [2.05, 4.69) is 9.71 Å². The maximum absolute atomic E-state index is 12.0. The van der Waals surface area contributed by atoms with E-state index in [1.165, 1.54) is 0 Å². The molecule has 19 heavy (non-hydrogen) atoms. The number of aromatic nitrogens is 1. The SMILES string of the molecule is Cc1cc(CNS(=O)(=O)C2CCS(=O)(=O)C2)ccn1. The molecule has 1 aliphatic rings. The van der Waals surface area contributed by atoms with Gasteiger partial charge in [0, 0.05) is 18.4 Å². The molecular weight excluding hydrogens is 288 g/mol. The molecule has 0 aromatic carbocycles. The van der Waals surface area contributed by atoms with Crippen molar-refractivity contribution in [1.82, 2.24) is 9.71 Å². The lowest BCUT2D eigenvalue weighted by atomic mass is 10.2. The molecule has 0 spiro atoms. The van der Waals surface area contributed by atoms with Crippen molar-refractivity contribution in [3.05, 3.63) is 29.6 Å². The van der Waals surface area contributed by atoms with Crippen LogP contribution in [0.5, 0.6) is 0 Å². The molecule has 0 aliphatic carbocycles. The number of sulfone groups is 1. The van der Waals surface area contributed by atoms with Crippen LogP contribution in [0.3, 0.4) is 0 Å². The second kappa shape index (κ2) is 5.18. The number of rotatable bonds is 4. The fourth-order valence-electron chi connectivity index (χ4n) is 2.02. The average molecular weight is 304 g/mol. The summed E-state index contributed by atoms with van der Waals surface area (Å²) in [4.78, 5) is 4.02. The number of nitrogens with one attached hydrogen (secondary N) is 1. The first-order chi connectivity index (χ1) is 8.78. The van der Waals surface area contributed by atoms with E-state index in [0.717, 1.165) is 11.3 Å². The molecule has 1 atom stereocenters. The summed E-state index contributed by atoms with van der Waals surface area (Å²) in [7, 11) is -6.79. The Kier molecular flexibility index (Phi) is 3.93. The molecule has 8 heteroatoms. The molecule has 0 saturated carbocycles. The highest BCUT2D eigenvalue weighted by molar-refractivity contribution is 7.95. The Morgan fingerprint density at radius 1 is 1.47 bits per heavy atom. The summed E-state index contributed by atoms with van der Waals surface area (Å²) in [5.41, 5.74) is 1.61. The van der Waals surface area contributed by atoms with Crippen molar-refractivity contribution in [2.75, 3.05) is 11.5 Å². The van der Waals surface area contributed by atoms with Crippen LogP contribution in [0.25, 0.3) is 0 Å². The van der Waals surface area contributed by atoms with Crippen LogP contribution in [0.4, 0.5) is 0 Å². The van der Waals surface area contributed by atoms with Gasteiger partial charge >= 0.3 is 0 Å². The lowest BCUT2D eigenvalue weighted by Crippen LogP contribution is -2.34. The Labute approximate surface area is 113 Å². The van der Waals surface area contributed by atoms with E-state index in [4.69, 9.17) is 0 Å². The van der Waals surface area contributed by atoms with Crippen LogP contribution in [0.2, 0.25) is 0 Å². The minimum atomic E-state index is -3.59. The first-order valence-electron chi connectivity index (χ1n) is 5.89. The summed E-state index contributed by atoms with van der Waals surface area (Å²) in [5.74, 6) is -0.329. The Morgan fingerprint density at radius 2 is 2.21 bits per heavy atom. The molecule has 106 valence electrons. The third-order valence-electron chi connectivity index (χ3n) is 3.07. The van der Waals surface area contributed by atoms with E-state index in [-0.39, 0.29) is 24.5 Å². The summed E-state index contributed by atoms with van der Waals surface area (Å²) in [6.07, 6.45) is 1.78. The molecular formula is C11H16N2O4S2. The second-order valence-corrected chi connectivity index (χ2v) is 8.97. The monoisotopic (exact) mass is 304 g/mol. The molecule has 1 aromatic heterocycles. The van der Waals surface area contributed by atoms with Crippen LogP contribution >= 0.6 is 0 Å². The summed E-state index contributed by atoms with van der Waals surface area (Å²) in [5, 5.41) is -0.833. The smallest absolute Gasteiger partial charge is 0.215 e. The summed E-state index contributed by atoms with van der Waals surface area (Å²) < 4.78 is 49.0. The third kappa shape index (κ3) is 3.74. The molecule has 1 aromatic rings. The number of nitrogens with zero attached hydrogens (tertiary/aromatic N) is 1. The molecule has 1 aliphatic heterocycles. The van der Waals surface area contributed by atoms with E-state index in [1.54, 1.807) is 18.3 Å². The molecule has 0 bridgehead atoms. The van der Waals surface area contributed by atoms with Gasteiger partial charge in [0.1, 0.15) is 0 Å². The van der Waals surface area contributed by atoms with Crippen molar-refractivity contribution in [3.63, 3.8) is 0 Å². The first-order valence-corrected chi connectivity index (χ1v) is 9.26. The van der Waals surface area contributed by atoms with E-state index < -0.39 is 25.1 Å². The normalized spacial score (nSPS) is 22.5. The van der Waals surface area contributed by atoms with Gasteiger partial charge in [-0.2, -0.15) is 0 Å². The number of hydrogen-bond acceptors (Lipinski definition) is 5. The molecule has 1 saturated heterocycles. The molecule has 1 fully saturated rings. The Balaban J connectivity index is 2.03. The number of hydrogen-bond donors (Lipinski definition) is 1. The fraction of sp³-hybridized carbons (Fsp3) is 0.545. The lowest BCUT2D eigenvalue weighted by Gasteiger charge is -2.11. The quantitative estimate of drug-likeness (QED) is 0.845. The standard InChI is InChI=1S/C11H16N2O4S2/c1-9-6-10(2-4-12-9)7-13-19(16,17)11-3-5-18(14,15)8-11/h2,4,6,11,13H,3,5,7-8H2,1H3. The maximum atomic E-state index is 12.0. The number of sulfonamides is 1. The number of pyridine rings is 1. The van der Waals surface area contributed by atoms with Gasteiger partial charge in [0.2, 0.25) is 10.0 Å². The van der Waals surface area contributed by atoms with Gasteiger partial charge in [-0.15, -0.1) is 0 Å². The van der Waals surface area contributed by atoms with Gasteiger partial charge in [0.15, 0.2) is 9.84 Å². The van der Waals surface area contributed by atoms with Gasteiger partial charge in [-0.3, -0.25) is 4.98 Å². The van der Waals surface area contributed by atoms with Crippen LogP contribution in [0, 0.1) is 6.92 Å². The topological polar surface area (TPSA) is 93.2 Å². The van der Waals surface area contributed by atoms with Crippen LogP contribution in [0.15, 0.2) is 18.3 Å². The highest BCUT2D eigenvalue weighted by atomic mass is 32.2. The maximum Gasteiger partial charge on any atom is 0.215 e. The zero-order chi connectivity index (χ0) is 14.1. The van der Waals surface area contributed by atoms with Gasteiger partial charge in [0.25, 0.3) is 0 Å². The molecule has 1 N–H and O–H groups in total. The van der Waals surface area contributed by atoms with E-state index in [9.17, 15) is 16.8 Å². The summed E-state index contributed by atoms with van der Waals surface area (Å²) in [6.45, 7) is 1.98. The van der Waals surface area contributed by atoms with E-state index in [1.807, 2.05) is 6.92 Å². The van der Waals surface area contributed by atoms with E-state index >= 15 is 0 Å². The van der Waals surface area contributed by atoms with Crippen LogP contribution in [-0.4, -0.2) is 38.6 Å². The molecule has 2 heterocycles. The minimum absolute atomic E-state index is 0.0487. The highest BCUT2D eigenvalue weighted by Crippen LogP contribution is 2.18. The number of aryl methyl sites for hydroxylation is 1. The predicted molar refractivity (Wildman–Crippen MR) is 71.8 cm³/mol. The lowest BCUT2D eigenvalue weighted by molar-refractivity contribution is 0.567. The zero-order valence-electron chi connectivity index (χ0n) is 10.5. The second-order valence-electron chi connectivity index (χ2n) is 4.70. The molecule has 0 radical (unpaired) electrons. The highest BCUT2D eigenvalue weighted by Gasteiger charge is 2.36. The Hall–Kier alpha value is -0.990. The first kappa shape index (κ1) is 14.4. The van der Waals surface area contributed by atoms with Gasteiger partial charge in [0.05, 0.1) is 16.8 Å². The van der Waals surface area contributed by atoms with Crippen molar-refractivity contribution in [1.29, 1.82) is 0 Å². The zero-order valence-corrected chi connectivity index (χ0v) is 12.2. The van der Waals surface area contributed by atoms with Crippen LogP contribution in [-0.2, 0) is 26.4 Å². The van der Waals surface area contributed by atoms with Gasteiger partial charge in [-0.05, 0) is 31.0 Å². The van der Waals surface area contributed by atoms with Crippen molar-refractivity contribution in [2.45, 2.75) is 25.1 Å². The molecule has 0 amide bonds. The van der Waals surface area contributed by atoms with E-state index in [0.29, 0.717) is 0 Å². The van der Waals surface area contributed by atoms with Crippen molar-refractivity contribution in [2.24, 2.45) is 0 Å². The largest absolute Gasteiger partial charge is 0.262 e. The Bertz CT molecular complexity index is 668. The molecule has 2 rings (SSSR count). The summed E-state index contributed by atoms with van der Waals surface area (Å²) in [6, 6.07) is 3.51. The summed E-state index contributed by atoms with van der Waals surface area (Å²) >= 11 is 0. The van der Waals surface area contributed by atoms with Gasteiger partial charge in [-0.25, -0.2) is 21.6 Å². The van der Waals surface area contributed by atoms with Crippen LogP contribution in [0.1, 0.15) is 17.7 Å². The molecule has 6 nitrogen and oxygen atoms in total. The minimum Gasteiger partial charge on any atom is -0.262 e. The third-order valence-corrected chi connectivity index (χ3v) is 6.87. The fourth-order valence-corrected chi connectivity index (χ4v) is 6.08. The van der Waals surface area contributed by atoms with Crippen LogP contribution < -0.4 is 4.72 Å².